The summed E-state index contributed by atoms with van der Waals surface area (Å²) in [5, 5.41) is 4.14. The van der Waals surface area contributed by atoms with E-state index >= 15 is 0 Å². The number of carbonyl (C=O) groups excluding carboxylic acids is 1. The molecule has 0 heterocycles. The number of carbonyl (C=O) groups is 1. The fourth-order valence-corrected chi connectivity index (χ4v) is 4.19. The van der Waals surface area contributed by atoms with Crippen molar-refractivity contribution in [3.63, 3.8) is 0 Å². The first-order chi connectivity index (χ1) is 13.8. The van der Waals surface area contributed by atoms with Crippen LogP contribution in [0.15, 0.2) is 52.5 Å². The number of nitrogens with one attached hydrogen (secondary N) is 1. The second-order valence-electron chi connectivity index (χ2n) is 8.60. The van der Waals surface area contributed by atoms with Crippen LogP contribution < -0.4 is 9.73 Å². The number of anilines is 1. The Morgan fingerprint density at radius 1 is 1.00 bits per heavy atom. The maximum absolute atomic E-state index is 13.4. The molecule has 30 heavy (non-hydrogen) atoms. The van der Waals surface area contributed by atoms with Gasteiger partial charge in [0.15, 0.2) is 0 Å². The fraction of sp³-hybridized carbons (Fsp3) is 0.391. The van der Waals surface area contributed by atoms with E-state index in [1.54, 1.807) is 30.3 Å². The second kappa shape index (κ2) is 9.00. The molecule has 0 fully saturated rings. The van der Waals surface area contributed by atoms with E-state index in [1.807, 2.05) is 60.6 Å². The lowest BCUT2D eigenvalue weighted by Gasteiger charge is -2.26. The fourth-order valence-electron chi connectivity index (χ4n) is 2.70. The molecule has 7 heteroatoms. The van der Waals surface area contributed by atoms with Gasteiger partial charge in [0.2, 0.25) is 0 Å². The van der Waals surface area contributed by atoms with Gasteiger partial charge >= 0.3 is 0 Å². The first-order valence-electron chi connectivity index (χ1n) is 9.82. The monoisotopic (exact) mass is 429 g/mol. The van der Waals surface area contributed by atoms with Gasteiger partial charge in [-0.15, -0.1) is 0 Å². The van der Waals surface area contributed by atoms with Crippen molar-refractivity contribution in [3.05, 3.63) is 59.2 Å². The molecule has 0 spiro atoms. The van der Waals surface area contributed by atoms with Crippen LogP contribution >= 0.6 is 0 Å². The zero-order valence-corrected chi connectivity index (χ0v) is 19.6. The van der Waals surface area contributed by atoms with Gasteiger partial charge in [0, 0.05) is 11.1 Å². The lowest BCUT2D eigenvalue weighted by molar-refractivity contribution is -0.119. The number of hydrogen-bond donors (Lipinski definition) is 1. The first kappa shape index (κ1) is 23.6. The Hall–Kier alpha value is -2.67. The number of aryl methyl sites for hydroxylation is 3. The number of sulfonamides is 1. The van der Waals surface area contributed by atoms with Crippen LogP contribution in [0.25, 0.3) is 0 Å². The van der Waals surface area contributed by atoms with Crippen molar-refractivity contribution >= 4 is 27.3 Å². The first-order valence-corrected chi connectivity index (χ1v) is 11.3. The third-order valence-corrected chi connectivity index (χ3v) is 6.72. The van der Waals surface area contributed by atoms with E-state index in [9.17, 15) is 13.2 Å². The van der Waals surface area contributed by atoms with E-state index < -0.39 is 15.9 Å². The van der Waals surface area contributed by atoms with Gasteiger partial charge < -0.3 is 0 Å². The van der Waals surface area contributed by atoms with Gasteiger partial charge in [0.25, 0.3) is 15.9 Å². The highest BCUT2D eigenvalue weighted by Gasteiger charge is 2.28. The largest absolute Gasteiger partial charge is 0.271 e. The molecule has 2 aromatic carbocycles. The van der Waals surface area contributed by atoms with Gasteiger partial charge in [-0.1, -0.05) is 56.2 Å². The number of benzene rings is 2. The minimum Gasteiger partial charge on any atom is -0.271 e. The Bertz CT molecular complexity index is 1050. The molecule has 0 atom stereocenters. The number of hydrazone groups is 1. The minimum absolute atomic E-state index is 0.134. The summed E-state index contributed by atoms with van der Waals surface area (Å²) in [7, 11) is -3.94. The standard InChI is InChI=1S/C23H31N3O3S/c1-16-8-11-20(12-9-16)30(28,29)26(21-13-10-17(2)14-18(21)3)15-22(27)25-24-19(4)23(5,6)7/h8-14H,15H2,1-7H3,(H,25,27)/b24-19-. The Kier molecular flexibility index (Phi) is 7.08. The van der Waals surface area contributed by atoms with Gasteiger partial charge in [0.1, 0.15) is 6.54 Å². The van der Waals surface area contributed by atoms with Crippen LogP contribution in [0.5, 0.6) is 0 Å². The Balaban J connectivity index is 2.44. The summed E-state index contributed by atoms with van der Waals surface area (Å²) in [5.74, 6) is -0.505. The van der Waals surface area contributed by atoms with Crippen LogP contribution in [0.2, 0.25) is 0 Å². The average Bonchev–Trinajstić information content (AvgIpc) is 2.64. The molecule has 0 radical (unpaired) electrons. The Labute approximate surface area is 180 Å². The molecule has 2 aromatic rings. The maximum atomic E-state index is 13.4. The molecule has 0 aliphatic rings. The molecule has 0 unspecified atom stereocenters. The molecule has 1 N–H and O–H groups in total. The van der Waals surface area contributed by atoms with Gasteiger partial charge in [-0.25, -0.2) is 13.8 Å². The Morgan fingerprint density at radius 2 is 1.57 bits per heavy atom. The minimum atomic E-state index is -3.94. The van der Waals surface area contributed by atoms with Crippen molar-refractivity contribution in [1.82, 2.24) is 5.43 Å². The smallest absolute Gasteiger partial charge is 0.264 e. The summed E-state index contributed by atoms with van der Waals surface area (Å²) in [5.41, 5.74) is 6.25. The van der Waals surface area contributed by atoms with Crippen molar-refractivity contribution < 1.29 is 13.2 Å². The van der Waals surface area contributed by atoms with Gasteiger partial charge in [-0.05, 0) is 51.5 Å². The summed E-state index contributed by atoms with van der Waals surface area (Å²) in [4.78, 5) is 12.8. The van der Waals surface area contributed by atoms with E-state index in [-0.39, 0.29) is 16.9 Å². The number of rotatable bonds is 6. The zero-order valence-electron chi connectivity index (χ0n) is 18.8. The third-order valence-electron chi connectivity index (χ3n) is 4.95. The van der Waals surface area contributed by atoms with Gasteiger partial charge in [-0.2, -0.15) is 5.10 Å². The van der Waals surface area contributed by atoms with Crippen molar-refractivity contribution in [3.8, 4) is 0 Å². The quantitative estimate of drug-likeness (QED) is 0.548. The molecule has 0 saturated heterocycles. The van der Waals surface area contributed by atoms with Crippen molar-refractivity contribution in [2.24, 2.45) is 10.5 Å². The topological polar surface area (TPSA) is 78.8 Å². The molecule has 2 rings (SSSR count). The van der Waals surface area contributed by atoms with Gasteiger partial charge in [0.05, 0.1) is 10.6 Å². The molecule has 0 saturated carbocycles. The van der Waals surface area contributed by atoms with Crippen LogP contribution in [0.1, 0.15) is 44.4 Å². The predicted octanol–water partition coefficient (Wildman–Crippen LogP) is 4.35. The van der Waals surface area contributed by atoms with E-state index in [0.717, 1.165) is 26.7 Å². The molecule has 6 nitrogen and oxygen atoms in total. The number of nitrogens with zero attached hydrogens (tertiary/aromatic N) is 2. The normalized spacial score (nSPS) is 12.6. The lowest BCUT2D eigenvalue weighted by atomic mass is 9.91. The summed E-state index contributed by atoms with van der Waals surface area (Å²) in [6, 6.07) is 12.1. The lowest BCUT2D eigenvalue weighted by Crippen LogP contribution is -2.40. The number of amides is 1. The summed E-state index contributed by atoms with van der Waals surface area (Å²) < 4.78 is 28.0. The van der Waals surface area contributed by atoms with Crippen LogP contribution in [0.4, 0.5) is 5.69 Å². The summed E-state index contributed by atoms with van der Waals surface area (Å²) >= 11 is 0. The van der Waals surface area contributed by atoms with E-state index in [0.29, 0.717) is 5.69 Å². The molecule has 162 valence electrons. The molecule has 0 bridgehead atoms. The second-order valence-corrected chi connectivity index (χ2v) is 10.5. The molecule has 1 amide bonds. The predicted molar refractivity (Wildman–Crippen MR) is 122 cm³/mol. The number of hydrogen-bond acceptors (Lipinski definition) is 4. The zero-order chi connectivity index (χ0) is 22.7. The summed E-state index contributed by atoms with van der Waals surface area (Å²) in [6.45, 7) is 13.1. The average molecular weight is 430 g/mol. The maximum Gasteiger partial charge on any atom is 0.264 e. The SMILES string of the molecule is C/C(=N/NC(=O)CN(c1ccc(C)cc1C)S(=O)(=O)c1ccc(C)cc1)C(C)(C)C. The molecular formula is C23H31N3O3S. The van der Waals surface area contributed by atoms with Crippen LogP contribution in [-0.4, -0.2) is 26.6 Å². The van der Waals surface area contributed by atoms with Crippen LogP contribution in [-0.2, 0) is 14.8 Å². The highest BCUT2D eigenvalue weighted by molar-refractivity contribution is 7.92. The molecule has 0 aromatic heterocycles. The van der Waals surface area contributed by atoms with Crippen LogP contribution in [0, 0.1) is 26.2 Å². The van der Waals surface area contributed by atoms with Gasteiger partial charge in [-0.3, -0.25) is 9.10 Å². The van der Waals surface area contributed by atoms with Crippen molar-refractivity contribution in [2.75, 3.05) is 10.8 Å². The van der Waals surface area contributed by atoms with E-state index in [2.05, 4.69) is 10.5 Å². The van der Waals surface area contributed by atoms with E-state index in [4.69, 9.17) is 0 Å². The third kappa shape index (κ3) is 5.69. The molecular weight excluding hydrogens is 398 g/mol. The van der Waals surface area contributed by atoms with Crippen LogP contribution in [0.3, 0.4) is 0 Å². The Morgan fingerprint density at radius 3 is 2.10 bits per heavy atom. The molecule has 0 aliphatic heterocycles. The van der Waals surface area contributed by atoms with Crippen molar-refractivity contribution in [1.29, 1.82) is 0 Å². The highest BCUT2D eigenvalue weighted by atomic mass is 32.2. The highest BCUT2D eigenvalue weighted by Crippen LogP contribution is 2.27. The van der Waals surface area contributed by atoms with Crippen molar-refractivity contribution in [2.45, 2.75) is 53.4 Å². The summed E-state index contributed by atoms with van der Waals surface area (Å²) in [6.07, 6.45) is 0. The molecule has 0 aliphatic carbocycles. The van der Waals surface area contributed by atoms with E-state index in [1.165, 1.54) is 0 Å².